The van der Waals surface area contributed by atoms with Gasteiger partial charge < -0.3 is 14.6 Å². The molecule has 0 aromatic rings. The lowest BCUT2D eigenvalue weighted by Crippen LogP contribution is -2.65. The van der Waals surface area contributed by atoms with Crippen LogP contribution in [0.3, 0.4) is 0 Å². The number of hydrogen-bond acceptors (Lipinski definition) is 3. The first-order chi connectivity index (χ1) is 9.22. The zero-order chi connectivity index (χ0) is 14.3. The van der Waals surface area contributed by atoms with Crippen LogP contribution in [0.25, 0.3) is 0 Å². The van der Waals surface area contributed by atoms with E-state index >= 15 is 0 Å². The second-order valence-electron chi connectivity index (χ2n) is 7.88. The molecule has 5 atom stereocenters. The summed E-state index contributed by atoms with van der Waals surface area (Å²) in [5, 5.41) is 2.86. The first-order valence-corrected chi connectivity index (χ1v) is 7.67. The lowest BCUT2D eigenvalue weighted by molar-refractivity contribution is -0.199. The quantitative estimate of drug-likeness (QED) is 0.750. The molecule has 6 heteroatoms. The average molecular weight is 285 g/mol. The molecule has 1 N–H and O–H groups in total. The lowest BCUT2D eigenvalue weighted by Gasteiger charge is -2.64. The molecule has 20 heavy (non-hydrogen) atoms. The number of rotatable bonds is 1. The highest BCUT2D eigenvalue weighted by Crippen LogP contribution is 2.65. The molecule has 3 nitrogen and oxygen atoms in total. The van der Waals surface area contributed by atoms with Crippen LogP contribution in [-0.2, 0) is 9.31 Å². The zero-order valence-electron chi connectivity index (χ0n) is 12.3. The standard InChI is InChI=1S/C14H22BF2NO2/c1-12(2)8-4-9(12)13(3)10(5-8)19-15(20-13)11-6-14(16,17)7-18-11/h8-11,18H,4-7H2,1-3H3/t8?,9?,10?,11?,13-/m0/s1. The molecule has 112 valence electrons. The fraction of sp³-hybridized carbons (Fsp3) is 1.00. The highest BCUT2D eigenvalue weighted by Gasteiger charge is 2.69. The topological polar surface area (TPSA) is 30.5 Å². The van der Waals surface area contributed by atoms with Crippen molar-refractivity contribution < 1.29 is 18.1 Å². The van der Waals surface area contributed by atoms with Crippen LogP contribution in [-0.4, -0.2) is 37.2 Å². The van der Waals surface area contributed by atoms with Gasteiger partial charge in [-0.3, -0.25) is 0 Å². The third-order valence-electron chi connectivity index (χ3n) is 6.44. The number of hydrogen-bond donors (Lipinski definition) is 1. The van der Waals surface area contributed by atoms with Gasteiger partial charge in [0.1, 0.15) is 0 Å². The summed E-state index contributed by atoms with van der Waals surface area (Å²) in [6.07, 6.45) is 2.07. The highest BCUT2D eigenvalue weighted by molar-refractivity contribution is 6.47. The molecule has 5 fully saturated rings. The molecular weight excluding hydrogens is 263 g/mol. The lowest BCUT2D eigenvalue weighted by atomic mass is 9.43. The van der Waals surface area contributed by atoms with E-state index < -0.39 is 13.0 Å². The Bertz CT molecular complexity index is 447. The Kier molecular flexibility index (Phi) is 2.53. The fourth-order valence-electron chi connectivity index (χ4n) is 5.01. The van der Waals surface area contributed by atoms with Crippen LogP contribution in [0, 0.1) is 17.3 Å². The SMILES string of the molecule is CC1(C)C2CC3OB(C4CC(F)(F)CN4)O[C@@]3(C)C1C2. The van der Waals surface area contributed by atoms with Crippen LogP contribution in [0.1, 0.15) is 40.0 Å². The smallest absolute Gasteiger partial charge is 0.404 e. The van der Waals surface area contributed by atoms with Gasteiger partial charge in [-0.1, -0.05) is 13.8 Å². The predicted octanol–water partition coefficient (Wildman–Crippen LogP) is 2.25. The van der Waals surface area contributed by atoms with E-state index in [-0.39, 0.29) is 36.0 Å². The van der Waals surface area contributed by atoms with Gasteiger partial charge in [0.25, 0.3) is 5.92 Å². The molecule has 5 rings (SSSR count). The van der Waals surface area contributed by atoms with Crippen LogP contribution < -0.4 is 5.32 Å². The van der Waals surface area contributed by atoms with Crippen molar-refractivity contribution in [1.82, 2.24) is 5.32 Å². The van der Waals surface area contributed by atoms with Crippen molar-refractivity contribution in [2.24, 2.45) is 17.3 Å². The predicted molar refractivity (Wildman–Crippen MR) is 71.5 cm³/mol. The van der Waals surface area contributed by atoms with E-state index in [1.54, 1.807) is 0 Å². The maximum Gasteiger partial charge on any atom is 0.476 e. The summed E-state index contributed by atoms with van der Waals surface area (Å²) >= 11 is 0. The minimum Gasteiger partial charge on any atom is -0.404 e. The molecule has 3 saturated carbocycles. The first kappa shape index (κ1) is 13.5. The molecular formula is C14H22BF2NO2. The molecule has 2 aliphatic heterocycles. The summed E-state index contributed by atoms with van der Waals surface area (Å²) in [5.74, 6) is -1.85. The molecule has 2 saturated heterocycles. The molecule has 0 aromatic heterocycles. The van der Waals surface area contributed by atoms with E-state index in [0.29, 0.717) is 11.8 Å². The van der Waals surface area contributed by atoms with Gasteiger partial charge >= 0.3 is 7.12 Å². The second kappa shape index (κ2) is 3.76. The zero-order valence-corrected chi connectivity index (χ0v) is 12.3. The van der Waals surface area contributed by atoms with Gasteiger partial charge in [-0.25, -0.2) is 8.78 Å². The Morgan fingerprint density at radius 1 is 1.20 bits per heavy atom. The van der Waals surface area contributed by atoms with Gasteiger partial charge in [0, 0.05) is 12.4 Å². The van der Waals surface area contributed by atoms with E-state index in [1.165, 1.54) is 6.42 Å². The average Bonchev–Trinajstić information content (AvgIpc) is 2.87. The van der Waals surface area contributed by atoms with Crippen LogP contribution in [0.5, 0.6) is 0 Å². The third-order valence-corrected chi connectivity index (χ3v) is 6.44. The summed E-state index contributed by atoms with van der Waals surface area (Å²) in [4.78, 5) is 0. The van der Waals surface area contributed by atoms with Crippen molar-refractivity contribution in [2.75, 3.05) is 6.54 Å². The normalized spacial score (nSPS) is 51.8. The summed E-state index contributed by atoms with van der Waals surface area (Å²) in [7, 11) is -0.520. The number of nitrogens with one attached hydrogen (secondary N) is 1. The molecule has 0 radical (unpaired) electrons. The fourth-order valence-corrected chi connectivity index (χ4v) is 5.01. The van der Waals surface area contributed by atoms with E-state index in [9.17, 15) is 8.78 Å². The van der Waals surface area contributed by atoms with Crippen molar-refractivity contribution in [3.05, 3.63) is 0 Å². The summed E-state index contributed by atoms with van der Waals surface area (Å²) in [5.41, 5.74) is -0.0149. The van der Waals surface area contributed by atoms with Crippen molar-refractivity contribution >= 4 is 7.12 Å². The second-order valence-corrected chi connectivity index (χ2v) is 7.88. The van der Waals surface area contributed by atoms with E-state index in [2.05, 4.69) is 26.1 Å². The van der Waals surface area contributed by atoms with Crippen molar-refractivity contribution in [2.45, 2.75) is 63.6 Å². The molecule has 3 aliphatic carbocycles. The molecule has 0 amide bonds. The Morgan fingerprint density at radius 3 is 2.55 bits per heavy atom. The highest BCUT2D eigenvalue weighted by atomic mass is 19.3. The van der Waals surface area contributed by atoms with Gasteiger partial charge in [-0.2, -0.15) is 0 Å². The van der Waals surface area contributed by atoms with E-state index in [4.69, 9.17) is 9.31 Å². The van der Waals surface area contributed by atoms with E-state index in [1.807, 2.05) is 0 Å². The summed E-state index contributed by atoms with van der Waals surface area (Å²) < 4.78 is 38.9. The molecule has 4 unspecified atom stereocenters. The van der Waals surface area contributed by atoms with Gasteiger partial charge in [-0.05, 0) is 37.0 Å². The Morgan fingerprint density at radius 2 is 1.95 bits per heavy atom. The summed E-state index contributed by atoms with van der Waals surface area (Å²) in [6.45, 7) is 6.45. The summed E-state index contributed by atoms with van der Waals surface area (Å²) in [6, 6.07) is 0. The number of halogens is 2. The van der Waals surface area contributed by atoms with Crippen LogP contribution in [0.4, 0.5) is 8.78 Å². The first-order valence-electron chi connectivity index (χ1n) is 7.67. The maximum absolute atomic E-state index is 13.3. The minimum absolute atomic E-state index is 0.0697. The molecule has 2 bridgehead atoms. The molecule has 0 aromatic carbocycles. The Labute approximate surface area is 118 Å². The van der Waals surface area contributed by atoms with Crippen LogP contribution in [0.2, 0.25) is 0 Å². The Hall–Kier alpha value is -0.195. The largest absolute Gasteiger partial charge is 0.476 e. The van der Waals surface area contributed by atoms with Crippen molar-refractivity contribution in [3.63, 3.8) is 0 Å². The van der Waals surface area contributed by atoms with Gasteiger partial charge in [0.05, 0.1) is 18.2 Å². The maximum atomic E-state index is 13.3. The monoisotopic (exact) mass is 285 g/mol. The van der Waals surface area contributed by atoms with Crippen molar-refractivity contribution in [1.29, 1.82) is 0 Å². The Balaban J connectivity index is 1.53. The number of alkyl halides is 2. The molecule has 5 aliphatic rings. The van der Waals surface area contributed by atoms with Crippen molar-refractivity contribution in [3.8, 4) is 0 Å². The molecule has 0 spiro atoms. The van der Waals surface area contributed by atoms with Gasteiger partial charge in [-0.15, -0.1) is 0 Å². The molecule has 2 heterocycles. The van der Waals surface area contributed by atoms with Crippen LogP contribution in [0.15, 0.2) is 0 Å². The van der Waals surface area contributed by atoms with Crippen LogP contribution >= 0.6 is 0 Å². The third kappa shape index (κ3) is 1.61. The minimum atomic E-state index is -2.63. The van der Waals surface area contributed by atoms with E-state index in [0.717, 1.165) is 6.42 Å². The van der Waals surface area contributed by atoms with Gasteiger partial charge in [0.15, 0.2) is 0 Å². The van der Waals surface area contributed by atoms with Gasteiger partial charge in [0.2, 0.25) is 0 Å².